The molecule has 2 aromatic rings. The van der Waals surface area contributed by atoms with Crippen LogP contribution in [0, 0.1) is 12.7 Å². The van der Waals surface area contributed by atoms with Crippen molar-refractivity contribution in [3.05, 3.63) is 40.1 Å². The molecule has 4 nitrogen and oxygen atoms in total. The minimum atomic E-state index is -0.341. The molecule has 0 saturated carbocycles. The van der Waals surface area contributed by atoms with Crippen molar-refractivity contribution in [1.29, 1.82) is 0 Å². The molecule has 0 radical (unpaired) electrons. The van der Waals surface area contributed by atoms with Gasteiger partial charge in [0.05, 0.1) is 10.5 Å². The Morgan fingerprint density at radius 2 is 2.17 bits per heavy atom. The molecular formula is C12H14BrFN4. The zero-order valence-corrected chi connectivity index (χ0v) is 12.0. The first-order chi connectivity index (χ1) is 8.54. The van der Waals surface area contributed by atoms with Crippen LogP contribution in [0.4, 0.5) is 4.39 Å². The quantitative estimate of drug-likeness (QED) is 0.947. The summed E-state index contributed by atoms with van der Waals surface area (Å²) in [5.74, 6) is 0.963. The van der Waals surface area contributed by atoms with Crippen LogP contribution in [0.1, 0.15) is 24.6 Å². The molecule has 0 amide bonds. The normalized spacial score (nSPS) is 12.7. The smallest absolute Gasteiger partial charge is 0.163 e. The lowest BCUT2D eigenvalue weighted by Crippen LogP contribution is -2.18. The van der Waals surface area contributed by atoms with Gasteiger partial charge in [0.2, 0.25) is 0 Å². The van der Waals surface area contributed by atoms with Crippen molar-refractivity contribution in [2.45, 2.75) is 19.9 Å². The molecule has 0 saturated heterocycles. The molecule has 0 unspecified atom stereocenters. The Hall–Kier alpha value is -1.27. The highest BCUT2D eigenvalue weighted by atomic mass is 79.9. The molecule has 18 heavy (non-hydrogen) atoms. The van der Waals surface area contributed by atoms with Crippen molar-refractivity contribution in [1.82, 2.24) is 20.1 Å². The summed E-state index contributed by atoms with van der Waals surface area (Å²) in [6.45, 7) is 3.74. The van der Waals surface area contributed by atoms with E-state index in [-0.39, 0.29) is 11.9 Å². The average molecular weight is 313 g/mol. The second-order valence-corrected chi connectivity index (χ2v) is 4.87. The summed E-state index contributed by atoms with van der Waals surface area (Å²) in [4.78, 5) is 4.34. The molecule has 0 aliphatic carbocycles. The Morgan fingerprint density at radius 3 is 2.83 bits per heavy atom. The lowest BCUT2D eigenvalue weighted by Gasteiger charge is -2.12. The second kappa shape index (κ2) is 5.16. The standard InChI is InChI=1S/C12H14BrFN4/c1-7(15-3)12-16-8(2)17-18(12)10-6-4-5-9(13)11(10)14/h4-7,15H,1-3H3/t7-/m0/s1. The van der Waals surface area contributed by atoms with Crippen LogP contribution in [0.3, 0.4) is 0 Å². The van der Waals surface area contributed by atoms with Gasteiger partial charge < -0.3 is 5.32 Å². The van der Waals surface area contributed by atoms with E-state index in [0.717, 1.165) is 0 Å². The first kappa shape index (κ1) is 13.2. The highest BCUT2D eigenvalue weighted by molar-refractivity contribution is 9.10. The maximum Gasteiger partial charge on any atom is 0.163 e. The van der Waals surface area contributed by atoms with Gasteiger partial charge in [-0.1, -0.05) is 6.07 Å². The molecule has 1 aromatic heterocycles. The Bertz CT molecular complexity index is 567. The number of halogens is 2. The van der Waals surface area contributed by atoms with Gasteiger partial charge in [-0.3, -0.25) is 0 Å². The number of aryl methyl sites for hydroxylation is 1. The van der Waals surface area contributed by atoms with Crippen molar-refractivity contribution in [2.24, 2.45) is 0 Å². The molecular weight excluding hydrogens is 299 g/mol. The summed E-state index contributed by atoms with van der Waals surface area (Å²) in [5.41, 5.74) is 0.391. The van der Waals surface area contributed by atoms with Gasteiger partial charge in [0.1, 0.15) is 17.3 Å². The van der Waals surface area contributed by atoms with Crippen LogP contribution in [0.5, 0.6) is 0 Å². The van der Waals surface area contributed by atoms with E-state index < -0.39 is 0 Å². The van der Waals surface area contributed by atoms with Crippen LogP contribution in [0.25, 0.3) is 5.69 Å². The van der Waals surface area contributed by atoms with Gasteiger partial charge in [0, 0.05) is 0 Å². The van der Waals surface area contributed by atoms with Gasteiger partial charge in [-0.2, -0.15) is 5.10 Å². The van der Waals surface area contributed by atoms with Gasteiger partial charge in [0.25, 0.3) is 0 Å². The molecule has 96 valence electrons. The zero-order chi connectivity index (χ0) is 13.3. The molecule has 6 heteroatoms. The maximum atomic E-state index is 14.1. The molecule has 2 rings (SSSR count). The molecule has 0 fully saturated rings. The topological polar surface area (TPSA) is 42.7 Å². The van der Waals surface area contributed by atoms with Gasteiger partial charge >= 0.3 is 0 Å². The molecule has 1 N–H and O–H groups in total. The van der Waals surface area contributed by atoms with Crippen molar-refractivity contribution >= 4 is 15.9 Å². The predicted molar refractivity (Wildman–Crippen MR) is 71.2 cm³/mol. The average Bonchev–Trinajstić information content (AvgIpc) is 2.73. The number of nitrogens with zero attached hydrogens (tertiary/aromatic N) is 3. The van der Waals surface area contributed by atoms with Gasteiger partial charge in [0.15, 0.2) is 5.82 Å². The fraction of sp³-hybridized carbons (Fsp3) is 0.333. The number of nitrogens with one attached hydrogen (secondary N) is 1. The summed E-state index contributed by atoms with van der Waals surface area (Å²) < 4.78 is 16.0. The Labute approximate surface area is 113 Å². The summed E-state index contributed by atoms with van der Waals surface area (Å²) >= 11 is 3.18. The zero-order valence-electron chi connectivity index (χ0n) is 10.4. The second-order valence-electron chi connectivity index (χ2n) is 4.01. The number of rotatable bonds is 3. The SMILES string of the molecule is CN[C@@H](C)c1nc(C)nn1-c1cccc(Br)c1F. The van der Waals surface area contributed by atoms with E-state index in [9.17, 15) is 4.39 Å². The van der Waals surface area contributed by atoms with Crippen molar-refractivity contribution < 1.29 is 4.39 Å². The fourth-order valence-electron chi connectivity index (χ4n) is 1.67. The summed E-state index contributed by atoms with van der Waals surface area (Å²) in [7, 11) is 1.83. The largest absolute Gasteiger partial charge is 0.311 e. The number of hydrogen-bond donors (Lipinski definition) is 1. The van der Waals surface area contributed by atoms with E-state index in [2.05, 4.69) is 31.3 Å². The van der Waals surface area contributed by atoms with Crippen LogP contribution in [0.2, 0.25) is 0 Å². The Kier molecular flexibility index (Phi) is 3.77. The van der Waals surface area contributed by atoms with Crippen molar-refractivity contribution in [3.63, 3.8) is 0 Å². The minimum absolute atomic E-state index is 0.00965. The van der Waals surface area contributed by atoms with E-state index in [1.165, 1.54) is 4.68 Å². The first-order valence-corrected chi connectivity index (χ1v) is 6.39. The molecule has 1 heterocycles. The third-order valence-corrected chi connectivity index (χ3v) is 3.33. The monoisotopic (exact) mass is 312 g/mol. The van der Waals surface area contributed by atoms with Crippen molar-refractivity contribution in [3.8, 4) is 5.69 Å². The van der Waals surface area contributed by atoms with Crippen LogP contribution in [0.15, 0.2) is 22.7 Å². The van der Waals surface area contributed by atoms with Gasteiger partial charge in [-0.15, -0.1) is 0 Å². The van der Waals surface area contributed by atoms with Crippen molar-refractivity contribution in [2.75, 3.05) is 7.05 Å². The molecule has 0 aliphatic heterocycles. The van der Waals surface area contributed by atoms with E-state index in [0.29, 0.717) is 21.8 Å². The van der Waals surface area contributed by atoms with Gasteiger partial charge in [-0.25, -0.2) is 14.1 Å². The highest BCUT2D eigenvalue weighted by Crippen LogP contribution is 2.23. The molecule has 0 aliphatic rings. The molecule has 1 aromatic carbocycles. The lowest BCUT2D eigenvalue weighted by atomic mass is 10.2. The lowest BCUT2D eigenvalue weighted by molar-refractivity contribution is 0.564. The van der Waals surface area contributed by atoms with Crippen LogP contribution in [-0.4, -0.2) is 21.8 Å². The maximum absolute atomic E-state index is 14.1. The van der Waals surface area contributed by atoms with E-state index in [4.69, 9.17) is 0 Å². The highest BCUT2D eigenvalue weighted by Gasteiger charge is 2.18. The number of benzene rings is 1. The Balaban J connectivity index is 2.60. The van der Waals surface area contributed by atoms with Crippen LogP contribution >= 0.6 is 15.9 Å². The molecule has 0 bridgehead atoms. The molecule has 0 spiro atoms. The van der Waals surface area contributed by atoms with Crippen LogP contribution in [-0.2, 0) is 0 Å². The minimum Gasteiger partial charge on any atom is -0.311 e. The third-order valence-electron chi connectivity index (χ3n) is 2.72. The number of aromatic nitrogens is 3. The fourth-order valence-corrected chi connectivity index (χ4v) is 2.03. The van der Waals surface area contributed by atoms with E-state index in [1.54, 1.807) is 25.1 Å². The molecule has 1 atom stereocenters. The van der Waals surface area contributed by atoms with Crippen LogP contribution < -0.4 is 5.32 Å². The summed E-state index contributed by atoms with van der Waals surface area (Å²) in [6, 6.07) is 5.10. The van der Waals surface area contributed by atoms with E-state index in [1.807, 2.05) is 14.0 Å². The third kappa shape index (κ3) is 2.30. The number of hydrogen-bond acceptors (Lipinski definition) is 3. The predicted octanol–water partition coefficient (Wildman–Crippen LogP) is 2.76. The van der Waals surface area contributed by atoms with Gasteiger partial charge in [-0.05, 0) is 49.0 Å². The van der Waals surface area contributed by atoms with E-state index >= 15 is 0 Å². The Morgan fingerprint density at radius 1 is 1.44 bits per heavy atom. The first-order valence-electron chi connectivity index (χ1n) is 5.59. The summed E-state index contributed by atoms with van der Waals surface area (Å²) in [6.07, 6.45) is 0. The summed E-state index contributed by atoms with van der Waals surface area (Å²) in [5, 5.41) is 7.34.